The van der Waals surface area contributed by atoms with Crippen molar-refractivity contribution in [1.29, 1.82) is 0 Å². The van der Waals surface area contributed by atoms with E-state index in [9.17, 15) is 18.4 Å². The van der Waals surface area contributed by atoms with Gasteiger partial charge in [-0.15, -0.1) is 10.2 Å². The molecule has 0 fully saturated rings. The standard InChI is InChI=1S/C19H18F2N4O3/c1-11(2)18-23-24-19(28-18)13-4-6-17(27)25(9-13)10-16(26)22-8-12-3-5-14(20)7-15(12)21/h3-7,9,11H,8,10H2,1-2H3,(H,22,26). The third kappa shape index (κ3) is 4.48. The van der Waals surface area contributed by atoms with E-state index in [1.165, 1.54) is 29.0 Å². The maximum absolute atomic E-state index is 13.6. The number of hydrogen-bond donors (Lipinski definition) is 1. The number of rotatable bonds is 6. The quantitative estimate of drug-likeness (QED) is 0.701. The van der Waals surface area contributed by atoms with Crippen LogP contribution in [0.25, 0.3) is 11.5 Å². The van der Waals surface area contributed by atoms with Crippen LogP contribution in [0, 0.1) is 11.6 Å². The van der Waals surface area contributed by atoms with E-state index in [1.54, 1.807) is 0 Å². The van der Waals surface area contributed by atoms with Crippen LogP contribution in [-0.4, -0.2) is 20.7 Å². The van der Waals surface area contributed by atoms with E-state index in [1.807, 2.05) is 13.8 Å². The van der Waals surface area contributed by atoms with E-state index in [0.29, 0.717) is 11.5 Å². The Hall–Kier alpha value is -3.36. The molecule has 0 aliphatic rings. The maximum Gasteiger partial charge on any atom is 0.251 e. The average Bonchev–Trinajstić information content (AvgIpc) is 3.13. The first-order chi connectivity index (χ1) is 13.3. The van der Waals surface area contributed by atoms with Crippen LogP contribution < -0.4 is 10.9 Å². The van der Waals surface area contributed by atoms with Gasteiger partial charge in [-0.2, -0.15) is 0 Å². The summed E-state index contributed by atoms with van der Waals surface area (Å²) in [5.74, 6) is -1.19. The zero-order valence-electron chi connectivity index (χ0n) is 15.3. The molecule has 0 aliphatic heterocycles. The van der Waals surface area contributed by atoms with Crippen molar-refractivity contribution in [3.05, 3.63) is 70.0 Å². The Balaban J connectivity index is 1.70. The summed E-state index contributed by atoms with van der Waals surface area (Å²) >= 11 is 0. The fraction of sp³-hybridized carbons (Fsp3) is 0.263. The smallest absolute Gasteiger partial charge is 0.251 e. The Morgan fingerprint density at radius 3 is 2.68 bits per heavy atom. The van der Waals surface area contributed by atoms with Crippen molar-refractivity contribution in [3.8, 4) is 11.5 Å². The molecular formula is C19H18F2N4O3. The summed E-state index contributed by atoms with van der Waals surface area (Å²) in [4.78, 5) is 24.2. The minimum absolute atomic E-state index is 0.0600. The number of nitrogens with one attached hydrogen (secondary N) is 1. The van der Waals surface area contributed by atoms with Crippen molar-refractivity contribution in [2.75, 3.05) is 0 Å². The molecule has 0 atom stereocenters. The molecule has 0 unspecified atom stereocenters. The molecule has 0 aliphatic carbocycles. The summed E-state index contributed by atoms with van der Waals surface area (Å²) in [6.45, 7) is 3.42. The highest BCUT2D eigenvalue weighted by Gasteiger charge is 2.13. The van der Waals surface area contributed by atoms with Crippen LogP contribution >= 0.6 is 0 Å². The van der Waals surface area contributed by atoms with Crippen LogP contribution in [0.5, 0.6) is 0 Å². The van der Waals surface area contributed by atoms with Crippen LogP contribution in [0.3, 0.4) is 0 Å². The average molecular weight is 388 g/mol. The molecule has 0 saturated carbocycles. The molecule has 0 bridgehead atoms. The van der Waals surface area contributed by atoms with Crippen molar-refractivity contribution in [3.63, 3.8) is 0 Å². The Bertz CT molecular complexity index is 1060. The summed E-state index contributed by atoms with van der Waals surface area (Å²) in [6.07, 6.45) is 1.44. The first kappa shape index (κ1) is 19.4. The number of amides is 1. The second-order valence-corrected chi connectivity index (χ2v) is 6.50. The SMILES string of the molecule is CC(C)c1nnc(-c2ccc(=O)n(CC(=O)NCc3ccc(F)cc3F)c2)o1. The lowest BCUT2D eigenvalue weighted by Crippen LogP contribution is -2.31. The molecular weight excluding hydrogens is 370 g/mol. The van der Waals surface area contributed by atoms with E-state index in [4.69, 9.17) is 4.42 Å². The molecule has 0 radical (unpaired) electrons. The normalized spacial score (nSPS) is 11.0. The van der Waals surface area contributed by atoms with Crippen LogP contribution in [0.1, 0.15) is 31.2 Å². The van der Waals surface area contributed by atoms with Gasteiger partial charge >= 0.3 is 0 Å². The molecule has 1 N–H and O–H groups in total. The third-order valence-corrected chi connectivity index (χ3v) is 3.97. The van der Waals surface area contributed by atoms with Gasteiger partial charge in [0.1, 0.15) is 18.2 Å². The van der Waals surface area contributed by atoms with Crippen molar-refractivity contribution < 1.29 is 18.0 Å². The van der Waals surface area contributed by atoms with Gasteiger partial charge in [0.15, 0.2) is 0 Å². The number of aromatic nitrogens is 3. The zero-order valence-corrected chi connectivity index (χ0v) is 15.3. The Morgan fingerprint density at radius 2 is 2.00 bits per heavy atom. The van der Waals surface area contributed by atoms with Crippen LogP contribution in [-0.2, 0) is 17.9 Å². The van der Waals surface area contributed by atoms with Crippen LogP contribution in [0.4, 0.5) is 8.78 Å². The Morgan fingerprint density at radius 1 is 1.21 bits per heavy atom. The molecule has 9 heteroatoms. The van der Waals surface area contributed by atoms with Gasteiger partial charge < -0.3 is 14.3 Å². The lowest BCUT2D eigenvalue weighted by atomic mass is 10.2. The number of halogens is 2. The summed E-state index contributed by atoms with van der Waals surface area (Å²) in [5.41, 5.74) is 0.245. The summed E-state index contributed by atoms with van der Waals surface area (Å²) in [7, 11) is 0. The second kappa shape index (κ2) is 8.12. The number of hydrogen-bond acceptors (Lipinski definition) is 5. The van der Waals surface area contributed by atoms with Gasteiger partial charge in [-0.05, 0) is 12.1 Å². The summed E-state index contributed by atoms with van der Waals surface area (Å²) in [5, 5.41) is 10.4. The van der Waals surface area contributed by atoms with Crippen LogP contribution in [0.15, 0.2) is 45.7 Å². The first-order valence-electron chi connectivity index (χ1n) is 8.58. The molecule has 3 rings (SSSR count). The monoisotopic (exact) mass is 388 g/mol. The van der Waals surface area contributed by atoms with Crippen molar-refractivity contribution in [1.82, 2.24) is 20.1 Å². The van der Waals surface area contributed by atoms with Crippen LogP contribution in [0.2, 0.25) is 0 Å². The van der Waals surface area contributed by atoms with Crippen molar-refractivity contribution in [2.45, 2.75) is 32.9 Å². The van der Waals surface area contributed by atoms with Gasteiger partial charge in [0.2, 0.25) is 17.7 Å². The van der Waals surface area contributed by atoms with E-state index < -0.39 is 23.1 Å². The fourth-order valence-electron chi connectivity index (χ4n) is 2.44. The number of carbonyl (C=O) groups excluding carboxylic acids is 1. The number of pyridine rings is 1. The molecule has 0 spiro atoms. The zero-order chi connectivity index (χ0) is 20.3. The van der Waals surface area contributed by atoms with Gasteiger partial charge in [0, 0.05) is 36.4 Å². The Labute approximate surface area is 159 Å². The highest BCUT2D eigenvalue weighted by molar-refractivity contribution is 5.75. The lowest BCUT2D eigenvalue weighted by Gasteiger charge is -2.09. The van der Waals surface area contributed by atoms with E-state index >= 15 is 0 Å². The minimum atomic E-state index is -0.753. The van der Waals surface area contributed by atoms with E-state index in [0.717, 1.165) is 12.1 Å². The van der Waals surface area contributed by atoms with Gasteiger partial charge in [-0.1, -0.05) is 19.9 Å². The number of benzene rings is 1. The molecule has 3 aromatic rings. The van der Waals surface area contributed by atoms with Gasteiger partial charge in [-0.3, -0.25) is 9.59 Å². The van der Waals surface area contributed by atoms with Crippen molar-refractivity contribution in [2.24, 2.45) is 0 Å². The molecule has 1 aromatic carbocycles. The van der Waals surface area contributed by atoms with Gasteiger partial charge in [0.05, 0.1) is 5.56 Å². The molecule has 0 saturated heterocycles. The van der Waals surface area contributed by atoms with E-state index in [2.05, 4.69) is 15.5 Å². The molecule has 2 heterocycles. The topological polar surface area (TPSA) is 90.0 Å². The number of nitrogens with zero attached hydrogens (tertiary/aromatic N) is 3. The van der Waals surface area contributed by atoms with Gasteiger partial charge in [0.25, 0.3) is 5.56 Å². The third-order valence-electron chi connectivity index (χ3n) is 3.97. The number of carbonyl (C=O) groups is 1. The first-order valence-corrected chi connectivity index (χ1v) is 8.58. The molecule has 7 nitrogen and oxygen atoms in total. The fourth-order valence-corrected chi connectivity index (χ4v) is 2.44. The lowest BCUT2D eigenvalue weighted by molar-refractivity contribution is -0.121. The minimum Gasteiger partial charge on any atom is -0.420 e. The predicted molar refractivity (Wildman–Crippen MR) is 96.3 cm³/mol. The molecule has 1 amide bonds. The molecule has 28 heavy (non-hydrogen) atoms. The highest BCUT2D eigenvalue weighted by Crippen LogP contribution is 2.20. The van der Waals surface area contributed by atoms with Crippen molar-refractivity contribution >= 4 is 5.91 Å². The largest absolute Gasteiger partial charge is 0.420 e. The summed E-state index contributed by atoms with van der Waals surface area (Å²) < 4.78 is 33.3. The Kier molecular flexibility index (Phi) is 5.62. The highest BCUT2D eigenvalue weighted by atomic mass is 19.1. The van der Waals surface area contributed by atoms with Gasteiger partial charge in [-0.25, -0.2) is 8.78 Å². The van der Waals surface area contributed by atoms with E-state index in [-0.39, 0.29) is 30.5 Å². The maximum atomic E-state index is 13.6. The molecule has 2 aromatic heterocycles. The predicted octanol–water partition coefficient (Wildman–Crippen LogP) is 2.62. The molecule has 146 valence electrons. The second-order valence-electron chi connectivity index (χ2n) is 6.50. The summed E-state index contributed by atoms with van der Waals surface area (Å²) in [6, 6.07) is 5.92.